The Labute approximate surface area is 300 Å². The summed E-state index contributed by atoms with van der Waals surface area (Å²) in [7, 11) is 3.74. The van der Waals surface area contributed by atoms with Crippen molar-refractivity contribution in [2.24, 2.45) is 14.1 Å². The van der Waals surface area contributed by atoms with Crippen molar-refractivity contribution in [3.8, 4) is 16.9 Å². The highest BCUT2D eigenvalue weighted by atomic mass is 35.5. The number of aryl methyl sites for hydroxylation is 6. The third kappa shape index (κ3) is 5.34. The van der Waals surface area contributed by atoms with Crippen LogP contribution in [-0.2, 0) is 20.5 Å². The van der Waals surface area contributed by atoms with Crippen LogP contribution in [0.2, 0.25) is 10.0 Å². The first-order valence-corrected chi connectivity index (χ1v) is 17.4. The molecule has 11 heteroatoms. The van der Waals surface area contributed by atoms with Gasteiger partial charge in [-0.3, -0.25) is 9.48 Å². The summed E-state index contributed by atoms with van der Waals surface area (Å²) in [6.45, 7) is 10.9. The van der Waals surface area contributed by atoms with E-state index in [1.54, 1.807) is 15.7 Å². The lowest BCUT2D eigenvalue weighted by molar-refractivity contribution is 0.0698. The molecule has 0 saturated carbocycles. The summed E-state index contributed by atoms with van der Waals surface area (Å²) in [5.41, 5.74) is 9.68. The molecular formula is C39H39Cl2N5O4. The van der Waals surface area contributed by atoms with Gasteiger partial charge in [0.1, 0.15) is 11.4 Å². The predicted molar refractivity (Wildman–Crippen MR) is 200 cm³/mol. The number of fused-ring (bicyclic) bond motifs is 4. The maximum atomic E-state index is 14.8. The number of ether oxygens (including phenoxy) is 1. The highest BCUT2D eigenvalue weighted by molar-refractivity contribution is 6.35. The van der Waals surface area contributed by atoms with Gasteiger partial charge in [-0.1, -0.05) is 29.3 Å². The van der Waals surface area contributed by atoms with Crippen LogP contribution in [-0.4, -0.2) is 49.0 Å². The topological polar surface area (TPSA) is 94.5 Å². The van der Waals surface area contributed by atoms with Gasteiger partial charge in [0.15, 0.2) is 0 Å². The van der Waals surface area contributed by atoms with Crippen LogP contribution < -0.4 is 9.64 Å². The number of aromatic nitrogens is 4. The molecule has 9 nitrogen and oxygen atoms in total. The molecule has 7 rings (SSSR count). The van der Waals surface area contributed by atoms with Gasteiger partial charge in [0.2, 0.25) is 0 Å². The van der Waals surface area contributed by atoms with E-state index in [0.717, 1.165) is 66.4 Å². The Kier molecular flexibility index (Phi) is 8.47. The Morgan fingerprint density at radius 1 is 1.00 bits per heavy atom. The summed E-state index contributed by atoms with van der Waals surface area (Å²) < 4.78 is 12.0. The lowest BCUT2D eigenvalue weighted by Crippen LogP contribution is -2.42. The van der Waals surface area contributed by atoms with Gasteiger partial charge >= 0.3 is 5.97 Å². The van der Waals surface area contributed by atoms with Gasteiger partial charge in [0.25, 0.3) is 5.91 Å². The molecule has 3 aromatic carbocycles. The first-order chi connectivity index (χ1) is 23.8. The van der Waals surface area contributed by atoms with Crippen molar-refractivity contribution in [1.82, 2.24) is 18.9 Å². The van der Waals surface area contributed by atoms with E-state index in [9.17, 15) is 14.7 Å². The quantitative estimate of drug-likeness (QED) is 0.159. The molecule has 1 aliphatic heterocycles. The Balaban J connectivity index is 1.36. The molecule has 6 aromatic rings. The second-order valence-corrected chi connectivity index (χ2v) is 14.2. The van der Waals surface area contributed by atoms with E-state index in [-0.39, 0.29) is 17.5 Å². The van der Waals surface area contributed by atoms with Crippen molar-refractivity contribution >= 4 is 62.6 Å². The summed E-state index contributed by atoms with van der Waals surface area (Å²) in [5.74, 6) is -0.393. The number of nitrogens with zero attached hydrogens (tertiary/aromatic N) is 5. The van der Waals surface area contributed by atoms with E-state index in [1.807, 2.05) is 88.9 Å². The molecule has 4 heterocycles. The molecule has 1 amide bonds. The first-order valence-electron chi connectivity index (χ1n) is 16.7. The number of aromatic carboxylic acids is 1. The molecule has 258 valence electrons. The number of halogens is 2. The highest BCUT2D eigenvalue weighted by Gasteiger charge is 2.37. The smallest absolute Gasteiger partial charge is 0.337 e. The van der Waals surface area contributed by atoms with Gasteiger partial charge in [-0.05, 0) is 101 Å². The van der Waals surface area contributed by atoms with Crippen molar-refractivity contribution in [2.45, 2.75) is 53.5 Å². The van der Waals surface area contributed by atoms with E-state index in [0.29, 0.717) is 47.8 Å². The first kappa shape index (κ1) is 33.8. The van der Waals surface area contributed by atoms with Gasteiger partial charge in [-0.25, -0.2) is 4.79 Å². The van der Waals surface area contributed by atoms with Crippen molar-refractivity contribution in [1.29, 1.82) is 0 Å². The van der Waals surface area contributed by atoms with Gasteiger partial charge < -0.3 is 23.9 Å². The lowest BCUT2D eigenvalue weighted by atomic mass is 9.98. The van der Waals surface area contributed by atoms with E-state index in [2.05, 4.69) is 11.5 Å². The van der Waals surface area contributed by atoms with Crippen molar-refractivity contribution in [2.75, 3.05) is 18.1 Å². The lowest BCUT2D eigenvalue weighted by Gasteiger charge is -2.34. The molecule has 0 bridgehead atoms. The number of benzene rings is 3. The summed E-state index contributed by atoms with van der Waals surface area (Å²) in [5, 5.41) is 17.5. The van der Waals surface area contributed by atoms with Crippen LogP contribution in [0.5, 0.6) is 5.75 Å². The summed E-state index contributed by atoms with van der Waals surface area (Å²) in [6, 6.07) is 13.3. The van der Waals surface area contributed by atoms with Gasteiger partial charge in [0, 0.05) is 76.7 Å². The molecule has 0 spiro atoms. The summed E-state index contributed by atoms with van der Waals surface area (Å²) >= 11 is 13.4. The minimum Gasteiger partial charge on any atom is -0.494 e. The largest absolute Gasteiger partial charge is 0.494 e. The number of rotatable bonds is 8. The Morgan fingerprint density at radius 2 is 1.72 bits per heavy atom. The second kappa shape index (κ2) is 12.5. The number of anilines is 1. The monoisotopic (exact) mass is 711 g/mol. The van der Waals surface area contributed by atoms with E-state index in [4.69, 9.17) is 33.0 Å². The summed E-state index contributed by atoms with van der Waals surface area (Å²) in [4.78, 5) is 28.7. The zero-order valence-electron chi connectivity index (χ0n) is 29.2. The summed E-state index contributed by atoms with van der Waals surface area (Å²) in [6.07, 6.45) is 2.86. The van der Waals surface area contributed by atoms with E-state index >= 15 is 0 Å². The molecule has 50 heavy (non-hydrogen) atoms. The average Bonchev–Trinajstić information content (AvgIpc) is 3.67. The third-order valence-electron chi connectivity index (χ3n) is 10.1. The highest BCUT2D eigenvalue weighted by Crippen LogP contribution is 2.45. The van der Waals surface area contributed by atoms with Crippen molar-refractivity contribution in [3.05, 3.63) is 98.0 Å². The number of carboxylic acids is 1. The van der Waals surface area contributed by atoms with Crippen LogP contribution in [0, 0.1) is 27.7 Å². The van der Waals surface area contributed by atoms with Gasteiger partial charge in [0.05, 0.1) is 28.4 Å². The molecule has 3 aromatic heterocycles. The van der Waals surface area contributed by atoms with Crippen LogP contribution >= 0.6 is 23.2 Å². The van der Waals surface area contributed by atoms with Crippen LogP contribution in [0.4, 0.5) is 5.69 Å². The number of hydrogen-bond donors (Lipinski definition) is 1. The predicted octanol–water partition coefficient (Wildman–Crippen LogP) is 9.01. The average molecular weight is 713 g/mol. The molecule has 0 unspecified atom stereocenters. The van der Waals surface area contributed by atoms with Gasteiger partial charge in [-0.15, -0.1) is 0 Å². The maximum absolute atomic E-state index is 14.8. The number of carbonyl (C=O) groups excluding carboxylic acids is 1. The molecule has 0 aliphatic carbocycles. The standard InChI is InChI=1S/C39H39Cl2N5O4/c1-20-15-26(16-21(2)35(20)41)50-14-8-9-27-28-11-12-31(40)34(33-23(4)42-44(7)24(33)5)36(28)46-22(3)18-45(38(47)37(27)46)25-10-13-32-29(17-25)30(39(48)49)19-43(32)6/h10-13,15-17,19,22H,8-9,14,18H2,1-7H3,(H,48,49)/t22-/m1/s1. The van der Waals surface area contributed by atoms with Crippen LogP contribution in [0.1, 0.15) is 68.3 Å². The molecule has 0 radical (unpaired) electrons. The molecule has 0 saturated heterocycles. The number of carbonyl (C=O) groups is 2. The third-order valence-corrected chi connectivity index (χ3v) is 11.0. The number of hydrogen-bond acceptors (Lipinski definition) is 4. The van der Waals surface area contributed by atoms with Crippen molar-refractivity contribution < 1.29 is 19.4 Å². The molecule has 0 fully saturated rings. The van der Waals surface area contributed by atoms with Crippen LogP contribution in [0.3, 0.4) is 0 Å². The van der Waals surface area contributed by atoms with E-state index < -0.39 is 5.97 Å². The maximum Gasteiger partial charge on any atom is 0.337 e. The number of carboxylic acid groups (broad SMARTS) is 1. The second-order valence-electron chi connectivity index (χ2n) is 13.4. The SMILES string of the molecule is Cc1cc(OCCCc2c3n(c4c(-c5c(C)nn(C)c5C)c(Cl)ccc24)[C@H](C)CN(c2ccc4c(c2)c(C(=O)O)cn4C)C3=O)cc(C)c1Cl. The van der Waals surface area contributed by atoms with E-state index in [1.165, 1.54) is 0 Å². The Bertz CT molecular complexity index is 2360. The van der Waals surface area contributed by atoms with Crippen LogP contribution in [0.15, 0.2) is 48.7 Å². The molecule has 1 aliphatic rings. The fourth-order valence-electron chi connectivity index (χ4n) is 7.67. The van der Waals surface area contributed by atoms with Crippen molar-refractivity contribution in [3.63, 3.8) is 0 Å². The fraction of sp³-hybridized carbons (Fsp3) is 0.308. The molecule has 1 N–H and O–H groups in total. The van der Waals surface area contributed by atoms with Crippen LogP contribution in [0.25, 0.3) is 32.9 Å². The zero-order valence-corrected chi connectivity index (χ0v) is 30.7. The minimum atomic E-state index is -1.01. The fourth-order valence-corrected chi connectivity index (χ4v) is 8.03. The Hall–Kier alpha value is -4.73. The van der Waals surface area contributed by atoms with Gasteiger partial charge in [-0.2, -0.15) is 5.10 Å². The molecule has 1 atom stereocenters. The zero-order chi connectivity index (χ0) is 35.8. The minimum absolute atomic E-state index is 0.130. The molecular weight excluding hydrogens is 673 g/mol. The number of amides is 1. The Morgan fingerprint density at radius 3 is 2.38 bits per heavy atom. The normalized spacial score (nSPS) is 14.6.